The second-order valence-corrected chi connectivity index (χ2v) is 2.72. The standard InChI is InChI=1S/C8H11N3O2/c1-5(8(12)13)11-7-3-9-6(2)10-4-7/h3-5,11H,1-2H3,(H,12,13). The first-order valence-corrected chi connectivity index (χ1v) is 3.87. The largest absolute Gasteiger partial charge is 0.480 e. The van der Waals surface area contributed by atoms with Gasteiger partial charge in [-0.05, 0) is 13.8 Å². The topological polar surface area (TPSA) is 75.1 Å². The third-order valence-electron chi connectivity index (χ3n) is 1.53. The van der Waals surface area contributed by atoms with Crippen LogP contribution in [0, 0.1) is 6.92 Å². The third kappa shape index (κ3) is 2.70. The van der Waals surface area contributed by atoms with E-state index in [4.69, 9.17) is 5.11 Å². The fourth-order valence-electron chi connectivity index (χ4n) is 0.779. The minimum Gasteiger partial charge on any atom is -0.480 e. The minimum atomic E-state index is -0.902. The van der Waals surface area contributed by atoms with E-state index in [9.17, 15) is 4.79 Å². The van der Waals surface area contributed by atoms with Crippen LogP contribution in [0.3, 0.4) is 0 Å². The molecule has 1 aromatic rings. The molecule has 1 heterocycles. The first kappa shape index (κ1) is 9.44. The van der Waals surface area contributed by atoms with E-state index in [1.54, 1.807) is 26.2 Å². The fraction of sp³-hybridized carbons (Fsp3) is 0.375. The predicted molar refractivity (Wildman–Crippen MR) is 47.5 cm³/mol. The second-order valence-electron chi connectivity index (χ2n) is 2.72. The van der Waals surface area contributed by atoms with Gasteiger partial charge in [0.05, 0.1) is 18.1 Å². The van der Waals surface area contributed by atoms with Crippen molar-refractivity contribution in [1.82, 2.24) is 9.97 Å². The van der Waals surface area contributed by atoms with Crippen LogP contribution in [0.25, 0.3) is 0 Å². The number of anilines is 1. The van der Waals surface area contributed by atoms with Gasteiger partial charge >= 0.3 is 5.97 Å². The summed E-state index contributed by atoms with van der Waals surface area (Å²) in [5.74, 6) is -0.242. The summed E-state index contributed by atoms with van der Waals surface area (Å²) in [6.45, 7) is 3.33. The highest BCUT2D eigenvalue weighted by Gasteiger charge is 2.09. The Morgan fingerprint density at radius 1 is 1.54 bits per heavy atom. The molecule has 1 aromatic heterocycles. The average Bonchev–Trinajstić information content (AvgIpc) is 2.08. The van der Waals surface area contributed by atoms with Gasteiger partial charge in [0, 0.05) is 0 Å². The van der Waals surface area contributed by atoms with E-state index in [0.29, 0.717) is 11.5 Å². The van der Waals surface area contributed by atoms with Gasteiger partial charge in [-0.25, -0.2) is 9.97 Å². The van der Waals surface area contributed by atoms with Crippen LogP contribution < -0.4 is 5.32 Å². The first-order chi connectivity index (χ1) is 6.09. The zero-order chi connectivity index (χ0) is 9.84. The number of carboxylic acids is 1. The molecule has 0 aliphatic heterocycles. The van der Waals surface area contributed by atoms with Crippen LogP contribution in [-0.2, 0) is 4.79 Å². The van der Waals surface area contributed by atoms with Crippen molar-refractivity contribution < 1.29 is 9.90 Å². The highest BCUT2D eigenvalue weighted by molar-refractivity contribution is 5.76. The number of hydrogen-bond acceptors (Lipinski definition) is 4. The minimum absolute atomic E-state index is 0.612. The number of carbonyl (C=O) groups is 1. The Morgan fingerprint density at radius 3 is 2.54 bits per heavy atom. The summed E-state index contributed by atoms with van der Waals surface area (Å²) in [5, 5.41) is 11.3. The molecule has 70 valence electrons. The molecule has 0 aliphatic rings. The number of aliphatic carboxylic acids is 1. The fourth-order valence-corrected chi connectivity index (χ4v) is 0.779. The number of hydrogen-bond donors (Lipinski definition) is 2. The molecule has 0 aromatic carbocycles. The Labute approximate surface area is 75.8 Å². The molecule has 0 aliphatic carbocycles. The highest BCUT2D eigenvalue weighted by atomic mass is 16.4. The number of aryl methyl sites for hydroxylation is 1. The molecule has 0 radical (unpaired) electrons. The van der Waals surface area contributed by atoms with Gasteiger partial charge in [-0.15, -0.1) is 0 Å². The molecule has 2 N–H and O–H groups in total. The van der Waals surface area contributed by atoms with Gasteiger partial charge < -0.3 is 10.4 Å². The monoisotopic (exact) mass is 181 g/mol. The van der Waals surface area contributed by atoms with Gasteiger partial charge in [0.15, 0.2) is 0 Å². The van der Waals surface area contributed by atoms with Crippen molar-refractivity contribution in [1.29, 1.82) is 0 Å². The molecule has 13 heavy (non-hydrogen) atoms. The van der Waals surface area contributed by atoms with Crippen molar-refractivity contribution in [3.63, 3.8) is 0 Å². The highest BCUT2D eigenvalue weighted by Crippen LogP contribution is 2.04. The van der Waals surface area contributed by atoms with Crippen LogP contribution in [0.4, 0.5) is 5.69 Å². The Morgan fingerprint density at radius 2 is 2.08 bits per heavy atom. The summed E-state index contributed by atoms with van der Waals surface area (Å²) >= 11 is 0. The van der Waals surface area contributed by atoms with Gasteiger partial charge in [-0.1, -0.05) is 0 Å². The molecule has 5 nitrogen and oxygen atoms in total. The van der Waals surface area contributed by atoms with E-state index in [1.165, 1.54) is 0 Å². The van der Waals surface area contributed by atoms with Gasteiger partial charge in [-0.3, -0.25) is 4.79 Å². The molecule has 0 fully saturated rings. The smallest absolute Gasteiger partial charge is 0.325 e. The summed E-state index contributed by atoms with van der Waals surface area (Å²) in [6, 6.07) is -0.633. The van der Waals surface area contributed by atoms with Crippen LogP contribution in [-0.4, -0.2) is 27.1 Å². The summed E-state index contributed by atoms with van der Waals surface area (Å²) in [4.78, 5) is 18.3. The molecule has 0 saturated heterocycles. The van der Waals surface area contributed by atoms with Crippen LogP contribution in [0.15, 0.2) is 12.4 Å². The maximum absolute atomic E-state index is 10.5. The van der Waals surface area contributed by atoms with Crippen LogP contribution in [0.2, 0.25) is 0 Å². The molecule has 0 amide bonds. The van der Waals surface area contributed by atoms with Crippen molar-refractivity contribution in [3.8, 4) is 0 Å². The quantitative estimate of drug-likeness (QED) is 0.716. The van der Waals surface area contributed by atoms with Crippen molar-refractivity contribution >= 4 is 11.7 Å². The summed E-state index contributed by atoms with van der Waals surface area (Å²) in [7, 11) is 0. The molecular formula is C8H11N3O2. The Kier molecular flexibility index (Phi) is 2.79. The Hall–Kier alpha value is -1.65. The summed E-state index contributed by atoms with van der Waals surface area (Å²) in [5.41, 5.74) is 0.612. The molecule has 0 saturated carbocycles. The number of aromatic nitrogens is 2. The lowest BCUT2D eigenvalue weighted by molar-refractivity contribution is -0.137. The maximum Gasteiger partial charge on any atom is 0.325 e. The first-order valence-electron chi connectivity index (χ1n) is 3.87. The van der Waals surface area contributed by atoms with Crippen molar-refractivity contribution in [2.75, 3.05) is 5.32 Å². The number of carboxylic acid groups (broad SMARTS) is 1. The zero-order valence-electron chi connectivity index (χ0n) is 7.48. The predicted octanol–water partition coefficient (Wildman–Crippen LogP) is 0.670. The van der Waals surface area contributed by atoms with Crippen molar-refractivity contribution in [3.05, 3.63) is 18.2 Å². The lowest BCUT2D eigenvalue weighted by Crippen LogP contribution is -2.25. The van der Waals surface area contributed by atoms with Gasteiger partial charge in [0.2, 0.25) is 0 Å². The molecule has 0 bridgehead atoms. The Balaban J connectivity index is 2.64. The molecule has 5 heteroatoms. The zero-order valence-corrected chi connectivity index (χ0v) is 7.48. The van der Waals surface area contributed by atoms with E-state index in [2.05, 4.69) is 15.3 Å². The number of nitrogens with zero attached hydrogens (tertiary/aromatic N) is 2. The molecule has 1 unspecified atom stereocenters. The molecule has 0 spiro atoms. The molecule has 1 rings (SSSR count). The summed E-state index contributed by atoms with van der Waals surface area (Å²) < 4.78 is 0. The van der Waals surface area contributed by atoms with Gasteiger partial charge in [-0.2, -0.15) is 0 Å². The number of rotatable bonds is 3. The Bertz CT molecular complexity index is 297. The van der Waals surface area contributed by atoms with E-state index in [1.807, 2.05) is 0 Å². The van der Waals surface area contributed by atoms with Crippen molar-refractivity contribution in [2.45, 2.75) is 19.9 Å². The van der Waals surface area contributed by atoms with Crippen LogP contribution >= 0.6 is 0 Å². The van der Waals surface area contributed by atoms with Crippen LogP contribution in [0.5, 0.6) is 0 Å². The average molecular weight is 181 g/mol. The SMILES string of the molecule is Cc1ncc(NC(C)C(=O)O)cn1. The van der Waals surface area contributed by atoms with E-state index in [-0.39, 0.29) is 0 Å². The lowest BCUT2D eigenvalue weighted by atomic mass is 10.3. The summed E-state index contributed by atoms with van der Waals surface area (Å²) in [6.07, 6.45) is 3.11. The van der Waals surface area contributed by atoms with Gasteiger partial charge in [0.1, 0.15) is 11.9 Å². The van der Waals surface area contributed by atoms with Crippen molar-refractivity contribution in [2.24, 2.45) is 0 Å². The van der Waals surface area contributed by atoms with Gasteiger partial charge in [0.25, 0.3) is 0 Å². The molecular weight excluding hydrogens is 170 g/mol. The number of nitrogens with one attached hydrogen (secondary N) is 1. The van der Waals surface area contributed by atoms with Crippen LogP contribution in [0.1, 0.15) is 12.7 Å². The third-order valence-corrected chi connectivity index (χ3v) is 1.53. The van der Waals surface area contributed by atoms with E-state index in [0.717, 1.165) is 0 Å². The molecule has 1 atom stereocenters. The maximum atomic E-state index is 10.5. The normalized spacial score (nSPS) is 12.2. The lowest BCUT2D eigenvalue weighted by Gasteiger charge is -2.09. The second kappa shape index (κ2) is 3.84. The van der Waals surface area contributed by atoms with E-state index < -0.39 is 12.0 Å². The van der Waals surface area contributed by atoms with E-state index >= 15 is 0 Å².